The van der Waals surface area contributed by atoms with Crippen molar-refractivity contribution in [3.8, 4) is 11.3 Å². The maximum Gasteiger partial charge on any atom is 0.269 e. The Morgan fingerprint density at radius 3 is 2.67 bits per heavy atom. The lowest BCUT2D eigenvalue weighted by Crippen LogP contribution is -2.46. The van der Waals surface area contributed by atoms with E-state index in [0.717, 1.165) is 44.0 Å². The van der Waals surface area contributed by atoms with E-state index in [2.05, 4.69) is 25.7 Å². The molecule has 24 heavy (non-hydrogen) atoms. The van der Waals surface area contributed by atoms with Gasteiger partial charge < -0.3 is 10.6 Å². The predicted octanol–water partition coefficient (Wildman–Crippen LogP) is 1.44. The fourth-order valence-electron chi connectivity index (χ4n) is 2.67. The van der Waals surface area contributed by atoms with Gasteiger partial charge in [-0.3, -0.25) is 14.8 Å². The number of aryl methyl sites for hydroxylation is 1. The maximum absolute atomic E-state index is 12.2. The van der Waals surface area contributed by atoms with Crippen LogP contribution in [0.4, 0.5) is 0 Å². The SMILES string of the molecule is Cc1ccc(-c2cc(C(=O)NCCN3CCNCC3)[nH]n2)cc1.Cl. The number of halogens is 1. The number of nitrogens with zero attached hydrogens (tertiary/aromatic N) is 2. The van der Waals surface area contributed by atoms with Crippen molar-refractivity contribution in [1.29, 1.82) is 0 Å². The van der Waals surface area contributed by atoms with Crippen molar-refractivity contribution in [2.24, 2.45) is 0 Å². The monoisotopic (exact) mass is 349 g/mol. The summed E-state index contributed by atoms with van der Waals surface area (Å²) in [5.74, 6) is -0.106. The van der Waals surface area contributed by atoms with Gasteiger partial charge in [-0.1, -0.05) is 29.8 Å². The van der Waals surface area contributed by atoms with E-state index in [9.17, 15) is 4.79 Å². The van der Waals surface area contributed by atoms with E-state index < -0.39 is 0 Å². The molecule has 1 amide bonds. The first kappa shape index (κ1) is 18.4. The summed E-state index contributed by atoms with van der Waals surface area (Å²) >= 11 is 0. The summed E-state index contributed by atoms with van der Waals surface area (Å²) in [7, 11) is 0. The summed E-state index contributed by atoms with van der Waals surface area (Å²) in [6.45, 7) is 7.70. The molecule has 0 saturated carbocycles. The molecule has 1 aliphatic heterocycles. The number of H-pyrrole nitrogens is 1. The standard InChI is InChI=1S/C17H23N5O.ClH/c1-13-2-4-14(5-3-13)15-12-16(21-20-15)17(23)19-8-11-22-9-6-18-7-10-22;/h2-5,12,18H,6-11H2,1H3,(H,19,23)(H,20,21);1H. The highest BCUT2D eigenvalue weighted by Gasteiger charge is 2.12. The third-order valence-corrected chi connectivity index (χ3v) is 4.09. The largest absolute Gasteiger partial charge is 0.349 e. The number of benzene rings is 1. The van der Waals surface area contributed by atoms with Crippen LogP contribution in [-0.4, -0.2) is 60.3 Å². The molecule has 6 nitrogen and oxygen atoms in total. The van der Waals surface area contributed by atoms with E-state index >= 15 is 0 Å². The minimum Gasteiger partial charge on any atom is -0.349 e. The second-order valence-corrected chi connectivity index (χ2v) is 5.88. The Labute approximate surface area is 148 Å². The number of rotatable bonds is 5. The van der Waals surface area contributed by atoms with Crippen molar-refractivity contribution < 1.29 is 4.79 Å². The maximum atomic E-state index is 12.2. The summed E-state index contributed by atoms with van der Waals surface area (Å²) in [6, 6.07) is 9.90. The Bertz CT molecular complexity index is 649. The second-order valence-electron chi connectivity index (χ2n) is 5.88. The van der Waals surface area contributed by atoms with Crippen LogP contribution >= 0.6 is 12.4 Å². The van der Waals surface area contributed by atoms with Gasteiger partial charge in [0.1, 0.15) is 5.69 Å². The fourth-order valence-corrected chi connectivity index (χ4v) is 2.67. The zero-order valence-electron chi connectivity index (χ0n) is 13.8. The molecule has 3 rings (SSSR count). The second kappa shape index (κ2) is 8.82. The van der Waals surface area contributed by atoms with E-state index in [1.165, 1.54) is 5.56 Å². The van der Waals surface area contributed by atoms with E-state index in [1.807, 2.05) is 31.2 Å². The minimum atomic E-state index is -0.106. The molecule has 0 atom stereocenters. The molecule has 1 aromatic heterocycles. The highest BCUT2D eigenvalue weighted by Crippen LogP contribution is 2.18. The number of carbonyl (C=O) groups excluding carboxylic acids is 1. The van der Waals surface area contributed by atoms with E-state index in [4.69, 9.17) is 0 Å². The van der Waals surface area contributed by atoms with Crippen molar-refractivity contribution in [2.45, 2.75) is 6.92 Å². The highest BCUT2D eigenvalue weighted by molar-refractivity contribution is 5.93. The summed E-state index contributed by atoms with van der Waals surface area (Å²) < 4.78 is 0. The Hall–Kier alpha value is -1.89. The normalized spacial score (nSPS) is 14.9. The fraction of sp³-hybridized carbons (Fsp3) is 0.412. The van der Waals surface area contributed by atoms with Gasteiger partial charge in [0.15, 0.2) is 0 Å². The number of aromatic amines is 1. The van der Waals surface area contributed by atoms with Gasteiger partial charge in [0, 0.05) is 44.8 Å². The molecule has 0 unspecified atom stereocenters. The van der Waals surface area contributed by atoms with Crippen molar-refractivity contribution in [2.75, 3.05) is 39.3 Å². The first-order chi connectivity index (χ1) is 11.2. The quantitative estimate of drug-likeness (QED) is 0.763. The lowest BCUT2D eigenvalue weighted by atomic mass is 10.1. The average Bonchev–Trinajstić information content (AvgIpc) is 3.06. The molecule has 2 heterocycles. The van der Waals surface area contributed by atoms with Gasteiger partial charge in [0.2, 0.25) is 0 Å². The Morgan fingerprint density at radius 1 is 1.25 bits per heavy atom. The van der Waals surface area contributed by atoms with E-state index in [1.54, 1.807) is 6.07 Å². The Balaban J connectivity index is 0.00000208. The lowest BCUT2D eigenvalue weighted by molar-refractivity contribution is 0.0942. The molecule has 1 fully saturated rings. The Morgan fingerprint density at radius 2 is 1.96 bits per heavy atom. The van der Waals surface area contributed by atoms with Crippen LogP contribution < -0.4 is 10.6 Å². The van der Waals surface area contributed by atoms with Gasteiger partial charge in [-0.25, -0.2) is 0 Å². The topological polar surface area (TPSA) is 73.1 Å². The minimum absolute atomic E-state index is 0. The summed E-state index contributed by atoms with van der Waals surface area (Å²) in [4.78, 5) is 14.5. The van der Waals surface area contributed by atoms with Gasteiger partial charge in [-0.2, -0.15) is 5.10 Å². The molecule has 2 aromatic rings. The number of nitrogens with one attached hydrogen (secondary N) is 3. The average molecular weight is 350 g/mol. The molecule has 0 bridgehead atoms. The van der Waals surface area contributed by atoms with Crippen molar-refractivity contribution in [3.05, 3.63) is 41.6 Å². The molecule has 1 aromatic carbocycles. The number of carbonyl (C=O) groups is 1. The Kier molecular flexibility index (Phi) is 6.78. The molecule has 0 aliphatic carbocycles. The molecule has 130 valence electrons. The number of aromatic nitrogens is 2. The first-order valence-electron chi connectivity index (χ1n) is 8.06. The van der Waals surface area contributed by atoms with Crippen LogP contribution in [0.3, 0.4) is 0 Å². The van der Waals surface area contributed by atoms with Crippen LogP contribution in [0.15, 0.2) is 30.3 Å². The van der Waals surface area contributed by atoms with Crippen LogP contribution in [0.1, 0.15) is 16.1 Å². The van der Waals surface area contributed by atoms with Crippen molar-refractivity contribution in [3.63, 3.8) is 0 Å². The number of hydrogen-bond donors (Lipinski definition) is 3. The third kappa shape index (κ3) is 4.80. The van der Waals surface area contributed by atoms with Crippen molar-refractivity contribution in [1.82, 2.24) is 25.7 Å². The zero-order chi connectivity index (χ0) is 16.1. The molecule has 1 saturated heterocycles. The summed E-state index contributed by atoms with van der Waals surface area (Å²) in [5, 5.41) is 13.3. The summed E-state index contributed by atoms with van der Waals surface area (Å²) in [6.07, 6.45) is 0. The van der Waals surface area contributed by atoms with Gasteiger partial charge in [0.05, 0.1) is 5.69 Å². The first-order valence-corrected chi connectivity index (χ1v) is 8.06. The van der Waals surface area contributed by atoms with Crippen LogP contribution in [0.25, 0.3) is 11.3 Å². The molecule has 1 aliphatic rings. The van der Waals surface area contributed by atoms with Gasteiger partial charge in [-0.15, -0.1) is 12.4 Å². The summed E-state index contributed by atoms with van der Waals surface area (Å²) in [5.41, 5.74) is 3.50. The van der Waals surface area contributed by atoms with Gasteiger partial charge in [0.25, 0.3) is 5.91 Å². The van der Waals surface area contributed by atoms with E-state index in [0.29, 0.717) is 12.2 Å². The number of hydrogen-bond acceptors (Lipinski definition) is 4. The molecule has 0 spiro atoms. The van der Waals surface area contributed by atoms with Gasteiger partial charge >= 0.3 is 0 Å². The molecule has 3 N–H and O–H groups in total. The molecule has 0 radical (unpaired) electrons. The van der Waals surface area contributed by atoms with Crippen LogP contribution in [0.5, 0.6) is 0 Å². The van der Waals surface area contributed by atoms with Crippen LogP contribution in [-0.2, 0) is 0 Å². The highest BCUT2D eigenvalue weighted by atomic mass is 35.5. The van der Waals surface area contributed by atoms with E-state index in [-0.39, 0.29) is 18.3 Å². The van der Waals surface area contributed by atoms with Gasteiger partial charge in [-0.05, 0) is 13.0 Å². The molecular weight excluding hydrogens is 326 g/mol. The zero-order valence-corrected chi connectivity index (χ0v) is 14.7. The predicted molar refractivity (Wildman–Crippen MR) is 97.7 cm³/mol. The van der Waals surface area contributed by atoms with Crippen molar-refractivity contribution >= 4 is 18.3 Å². The van der Waals surface area contributed by atoms with Crippen LogP contribution in [0, 0.1) is 6.92 Å². The smallest absolute Gasteiger partial charge is 0.269 e. The number of piperazine rings is 1. The number of amides is 1. The molecule has 7 heteroatoms. The lowest BCUT2D eigenvalue weighted by Gasteiger charge is -2.26. The van der Waals surface area contributed by atoms with Crippen LogP contribution in [0.2, 0.25) is 0 Å². The third-order valence-electron chi connectivity index (χ3n) is 4.09. The molecular formula is C17H24ClN5O.